The number of sulfonamides is 1. The number of hydrogen-bond acceptors (Lipinski definition) is 6. The number of esters is 1. The van der Waals surface area contributed by atoms with Gasteiger partial charge in [0.15, 0.2) is 0 Å². The molecule has 8 nitrogen and oxygen atoms in total. The summed E-state index contributed by atoms with van der Waals surface area (Å²) in [5.41, 5.74) is -0.582. The van der Waals surface area contributed by atoms with Gasteiger partial charge in [-0.15, -0.1) is 0 Å². The lowest BCUT2D eigenvalue weighted by Crippen LogP contribution is -2.61. The summed E-state index contributed by atoms with van der Waals surface area (Å²) in [5.74, 6) is -0.869. The Morgan fingerprint density at radius 1 is 1.27 bits per heavy atom. The molecule has 1 aliphatic rings. The molecule has 1 fully saturated rings. The summed E-state index contributed by atoms with van der Waals surface area (Å²) in [6, 6.07) is -0.347. The molecule has 1 heterocycles. The number of ether oxygens (including phenoxy) is 2. The van der Waals surface area contributed by atoms with E-state index in [-0.39, 0.29) is 37.9 Å². The minimum absolute atomic E-state index is 0.189. The van der Waals surface area contributed by atoms with Crippen LogP contribution in [0.3, 0.4) is 0 Å². The molecule has 0 atom stereocenters. The molecule has 0 radical (unpaired) electrons. The Kier molecular flexibility index (Phi) is 6.18. The fourth-order valence-electron chi connectivity index (χ4n) is 1.79. The minimum Gasteiger partial charge on any atom is -0.466 e. The fourth-order valence-corrected chi connectivity index (χ4v) is 3.00. The van der Waals surface area contributed by atoms with Gasteiger partial charge in [0.2, 0.25) is 10.0 Å². The number of nitrogens with zero attached hydrogens (tertiary/aromatic N) is 1. The predicted octanol–water partition coefficient (Wildman–Crippen LogP) is 0.478. The first-order valence-electron chi connectivity index (χ1n) is 7.16. The van der Waals surface area contributed by atoms with Gasteiger partial charge in [0.25, 0.3) is 0 Å². The maximum absolute atomic E-state index is 11.8. The number of nitrogens with one attached hydrogen (secondary N) is 1. The number of amides is 1. The molecule has 0 aromatic heterocycles. The first kappa shape index (κ1) is 18.7. The average molecular weight is 336 g/mol. The number of rotatable bonds is 6. The van der Waals surface area contributed by atoms with Gasteiger partial charge in [-0.1, -0.05) is 0 Å². The van der Waals surface area contributed by atoms with Gasteiger partial charge < -0.3 is 14.4 Å². The summed E-state index contributed by atoms with van der Waals surface area (Å²) in [7, 11) is -3.57. The maximum atomic E-state index is 11.8. The van der Waals surface area contributed by atoms with Crippen LogP contribution < -0.4 is 4.72 Å². The Morgan fingerprint density at radius 2 is 1.86 bits per heavy atom. The Labute approximate surface area is 131 Å². The van der Waals surface area contributed by atoms with Crippen LogP contribution in [0.5, 0.6) is 0 Å². The first-order valence-corrected chi connectivity index (χ1v) is 8.81. The lowest BCUT2D eigenvalue weighted by atomic mass is 10.1. The Bertz CT molecular complexity index is 505. The Balaban J connectivity index is 2.32. The summed E-state index contributed by atoms with van der Waals surface area (Å²) < 4.78 is 35.9. The second kappa shape index (κ2) is 7.28. The molecule has 0 aromatic rings. The van der Waals surface area contributed by atoms with Crippen molar-refractivity contribution in [3.8, 4) is 0 Å². The molecule has 1 amide bonds. The van der Waals surface area contributed by atoms with E-state index in [4.69, 9.17) is 4.74 Å². The van der Waals surface area contributed by atoms with E-state index in [1.165, 1.54) is 4.90 Å². The van der Waals surface area contributed by atoms with Crippen molar-refractivity contribution in [1.29, 1.82) is 0 Å². The van der Waals surface area contributed by atoms with E-state index < -0.39 is 27.7 Å². The van der Waals surface area contributed by atoms with Gasteiger partial charge in [-0.3, -0.25) is 4.79 Å². The van der Waals surface area contributed by atoms with E-state index in [1.54, 1.807) is 27.7 Å². The quantitative estimate of drug-likeness (QED) is 0.708. The predicted molar refractivity (Wildman–Crippen MR) is 79.8 cm³/mol. The second-order valence-corrected chi connectivity index (χ2v) is 7.95. The lowest BCUT2D eigenvalue weighted by molar-refractivity contribution is -0.142. The van der Waals surface area contributed by atoms with E-state index in [0.29, 0.717) is 0 Å². The zero-order valence-corrected chi connectivity index (χ0v) is 14.2. The number of hydrogen-bond donors (Lipinski definition) is 1. The molecule has 1 rings (SSSR count). The maximum Gasteiger partial charge on any atom is 0.410 e. The second-order valence-electron chi connectivity index (χ2n) is 6.07. The van der Waals surface area contributed by atoms with Gasteiger partial charge in [0.1, 0.15) is 5.60 Å². The highest BCUT2D eigenvalue weighted by Gasteiger charge is 2.35. The fraction of sp³-hybridized carbons (Fsp3) is 0.846. The van der Waals surface area contributed by atoms with Crippen LogP contribution in [0.4, 0.5) is 4.79 Å². The van der Waals surface area contributed by atoms with Crippen molar-refractivity contribution in [2.24, 2.45) is 0 Å². The summed E-state index contributed by atoms with van der Waals surface area (Å²) in [5, 5.41) is 0. The highest BCUT2D eigenvalue weighted by atomic mass is 32.2. The van der Waals surface area contributed by atoms with Gasteiger partial charge in [-0.2, -0.15) is 0 Å². The highest BCUT2D eigenvalue weighted by Crippen LogP contribution is 2.15. The zero-order chi connectivity index (χ0) is 17.0. The number of carbonyl (C=O) groups is 2. The van der Waals surface area contributed by atoms with Crippen LogP contribution in [-0.4, -0.2) is 62.5 Å². The monoisotopic (exact) mass is 336 g/mol. The molecular formula is C13H24N2O6S. The van der Waals surface area contributed by atoms with Crippen molar-refractivity contribution in [2.75, 3.05) is 25.4 Å². The van der Waals surface area contributed by atoms with Crippen LogP contribution >= 0.6 is 0 Å². The van der Waals surface area contributed by atoms with Gasteiger partial charge in [-0.05, 0) is 27.7 Å². The molecule has 0 bridgehead atoms. The third-order valence-electron chi connectivity index (χ3n) is 2.76. The standard InChI is InChI=1S/C13H24N2O6S/c1-5-20-11(16)6-7-22(18,19)14-10-8-15(9-10)12(17)21-13(2,3)4/h10,14H,5-9H2,1-4H3. The first-order chi connectivity index (χ1) is 10.0. The van der Waals surface area contributed by atoms with Crippen LogP contribution in [0, 0.1) is 0 Å². The number of carbonyl (C=O) groups excluding carboxylic acids is 2. The van der Waals surface area contributed by atoms with E-state index in [9.17, 15) is 18.0 Å². The van der Waals surface area contributed by atoms with Crippen LogP contribution in [0.15, 0.2) is 0 Å². The van der Waals surface area contributed by atoms with Gasteiger partial charge in [0, 0.05) is 13.1 Å². The topological polar surface area (TPSA) is 102 Å². The Hall–Kier alpha value is -1.35. The van der Waals surface area contributed by atoms with E-state index in [0.717, 1.165) is 0 Å². The molecule has 0 aliphatic carbocycles. The SMILES string of the molecule is CCOC(=O)CCS(=O)(=O)NC1CN(C(=O)OC(C)(C)C)C1. The van der Waals surface area contributed by atoms with Crippen molar-refractivity contribution in [2.45, 2.75) is 45.8 Å². The smallest absolute Gasteiger partial charge is 0.410 e. The molecule has 128 valence electrons. The van der Waals surface area contributed by atoms with E-state index in [1.807, 2.05) is 0 Å². The van der Waals surface area contributed by atoms with Crippen molar-refractivity contribution >= 4 is 22.1 Å². The van der Waals surface area contributed by atoms with Crippen LogP contribution in [0.25, 0.3) is 0 Å². The van der Waals surface area contributed by atoms with E-state index in [2.05, 4.69) is 9.46 Å². The molecule has 0 unspecified atom stereocenters. The van der Waals surface area contributed by atoms with Crippen molar-refractivity contribution < 1.29 is 27.5 Å². The largest absolute Gasteiger partial charge is 0.466 e. The summed E-state index contributed by atoms with van der Waals surface area (Å²) in [4.78, 5) is 24.3. The summed E-state index contributed by atoms with van der Waals surface area (Å²) in [6.07, 6.45) is -0.652. The van der Waals surface area contributed by atoms with Gasteiger partial charge in [0.05, 0.1) is 24.8 Å². The average Bonchev–Trinajstić information content (AvgIpc) is 2.29. The van der Waals surface area contributed by atoms with Crippen molar-refractivity contribution in [3.05, 3.63) is 0 Å². The normalized spacial score (nSPS) is 16.1. The van der Waals surface area contributed by atoms with Crippen LogP contribution in [0.1, 0.15) is 34.1 Å². The molecule has 22 heavy (non-hydrogen) atoms. The molecule has 0 spiro atoms. The zero-order valence-electron chi connectivity index (χ0n) is 13.4. The Morgan fingerprint density at radius 3 is 2.36 bits per heavy atom. The molecule has 9 heteroatoms. The van der Waals surface area contributed by atoms with Crippen LogP contribution in [-0.2, 0) is 24.3 Å². The van der Waals surface area contributed by atoms with Crippen LogP contribution in [0.2, 0.25) is 0 Å². The van der Waals surface area contributed by atoms with Crippen molar-refractivity contribution in [3.63, 3.8) is 0 Å². The summed E-state index contributed by atoms with van der Waals surface area (Å²) >= 11 is 0. The highest BCUT2D eigenvalue weighted by molar-refractivity contribution is 7.89. The third-order valence-corrected chi connectivity index (χ3v) is 4.19. The molecule has 1 N–H and O–H groups in total. The van der Waals surface area contributed by atoms with Gasteiger partial charge >= 0.3 is 12.1 Å². The molecule has 0 aromatic carbocycles. The molecular weight excluding hydrogens is 312 g/mol. The number of likely N-dealkylation sites (tertiary alicyclic amines) is 1. The van der Waals surface area contributed by atoms with Gasteiger partial charge in [-0.25, -0.2) is 17.9 Å². The molecule has 0 saturated carbocycles. The molecule has 1 saturated heterocycles. The lowest BCUT2D eigenvalue weighted by Gasteiger charge is -2.39. The molecule has 1 aliphatic heterocycles. The summed E-state index contributed by atoms with van der Waals surface area (Å²) in [6.45, 7) is 7.69. The minimum atomic E-state index is -3.57. The third kappa shape index (κ3) is 6.61. The van der Waals surface area contributed by atoms with E-state index >= 15 is 0 Å². The van der Waals surface area contributed by atoms with Crippen molar-refractivity contribution in [1.82, 2.24) is 9.62 Å².